The lowest BCUT2D eigenvalue weighted by atomic mass is 10.2. The smallest absolute Gasteiger partial charge is 0.127 e. The first-order valence-corrected chi connectivity index (χ1v) is 4.83. The lowest BCUT2D eigenvalue weighted by molar-refractivity contribution is 0.619. The Morgan fingerprint density at radius 1 is 1.50 bits per heavy atom. The largest absolute Gasteiger partial charge is 0.380 e. The minimum atomic E-state index is -0.272. The van der Waals surface area contributed by atoms with Crippen molar-refractivity contribution in [2.75, 3.05) is 11.9 Å². The summed E-state index contributed by atoms with van der Waals surface area (Å²) in [5.41, 5.74) is 1.36. The fourth-order valence-electron chi connectivity index (χ4n) is 1.08. The first kappa shape index (κ1) is 11.1. The van der Waals surface area contributed by atoms with Gasteiger partial charge in [0.2, 0.25) is 0 Å². The van der Waals surface area contributed by atoms with Gasteiger partial charge in [-0.2, -0.15) is 0 Å². The lowest BCUT2D eigenvalue weighted by Crippen LogP contribution is -1.99. The zero-order chi connectivity index (χ0) is 10.6. The molecule has 1 nitrogen and oxygen atoms in total. The summed E-state index contributed by atoms with van der Waals surface area (Å²) in [4.78, 5) is 0. The third kappa shape index (κ3) is 2.74. The molecule has 1 aromatic rings. The first-order chi connectivity index (χ1) is 6.65. The van der Waals surface area contributed by atoms with Crippen molar-refractivity contribution < 1.29 is 4.39 Å². The Hall–Kier alpha value is -1.02. The summed E-state index contributed by atoms with van der Waals surface area (Å²) in [5.74, 6) is -0.272. The lowest BCUT2D eigenvalue weighted by Gasteiger charge is -2.07. The summed E-state index contributed by atoms with van der Waals surface area (Å²) in [6.07, 6.45) is 3.91. The highest BCUT2D eigenvalue weighted by Crippen LogP contribution is 2.24. The topological polar surface area (TPSA) is 12.0 Å². The van der Waals surface area contributed by atoms with Gasteiger partial charge in [0, 0.05) is 6.54 Å². The van der Waals surface area contributed by atoms with Crippen LogP contribution in [0.2, 0.25) is 5.02 Å². The number of anilines is 1. The monoisotopic (exact) mass is 213 g/mol. The van der Waals surface area contributed by atoms with Gasteiger partial charge in [-0.15, -0.1) is 0 Å². The van der Waals surface area contributed by atoms with Crippen LogP contribution >= 0.6 is 11.6 Å². The molecule has 1 N–H and O–H groups in total. The fourth-order valence-corrected chi connectivity index (χ4v) is 1.30. The van der Waals surface area contributed by atoms with Gasteiger partial charge in [-0.1, -0.05) is 23.8 Å². The Bertz CT molecular complexity index is 347. The third-order valence-corrected chi connectivity index (χ3v) is 2.21. The maximum absolute atomic E-state index is 13.0. The number of aryl methyl sites for hydroxylation is 1. The highest BCUT2D eigenvalue weighted by Gasteiger charge is 2.03. The van der Waals surface area contributed by atoms with Crippen LogP contribution in [0.25, 0.3) is 0 Å². The second-order valence-electron chi connectivity index (χ2n) is 3.03. The van der Waals surface area contributed by atoms with Crippen molar-refractivity contribution in [1.82, 2.24) is 0 Å². The summed E-state index contributed by atoms with van der Waals surface area (Å²) >= 11 is 5.85. The van der Waals surface area contributed by atoms with Crippen LogP contribution in [0.3, 0.4) is 0 Å². The summed E-state index contributed by atoms with van der Waals surface area (Å²) in [5, 5.41) is 3.51. The van der Waals surface area contributed by atoms with Gasteiger partial charge >= 0.3 is 0 Å². The van der Waals surface area contributed by atoms with Gasteiger partial charge in [0.25, 0.3) is 0 Å². The van der Waals surface area contributed by atoms with E-state index in [1.807, 2.05) is 19.1 Å². The molecule has 0 atom stereocenters. The van der Waals surface area contributed by atoms with E-state index in [0.717, 1.165) is 5.69 Å². The predicted molar refractivity (Wildman–Crippen MR) is 59.5 cm³/mol. The molecule has 0 heterocycles. The van der Waals surface area contributed by atoms with Crippen LogP contribution < -0.4 is 5.32 Å². The second-order valence-corrected chi connectivity index (χ2v) is 3.44. The molecule has 1 rings (SSSR count). The number of halogens is 2. The van der Waals surface area contributed by atoms with E-state index in [1.54, 1.807) is 13.0 Å². The minimum absolute atomic E-state index is 0.272. The molecule has 3 heteroatoms. The minimum Gasteiger partial charge on any atom is -0.380 e. The predicted octanol–water partition coefficient (Wildman–Crippen LogP) is 3.78. The van der Waals surface area contributed by atoms with Gasteiger partial charge in [0.1, 0.15) is 5.82 Å². The zero-order valence-electron chi connectivity index (χ0n) is 8.27. The van der Waals surface area contributed by atoms with Crippen LogP contribution in [-0.4, -0.2) is 6.54 Å². The van der Waals surface area contributed by atoms with Crippen LogP contribution in [0, 0.1) is 12.7 Å². The summed E-state index contributed by atoms with van der Waals surface area (Å²) < 4.78 is 13.0. The van der Waals surface area contributed by atoms with Crippen molar-refractivity contribution in [1.29, 1.82) is 0 Å². The molecule has 14 heavy (non-hydrogen) atoms. The van der Waals surface area contributed by atoms with Crippen molar-refractivity contribution in [3.63, 3.8) is 0 Å². The van der Waals surface area contributed by atoms with E-state index in [-0.39, 0.29) is 5.82 Å². The van der Waals surface area contributed by atoms with Crippen molar-refractivity contribution in [3.05, 3.63) is 40.7 Å². The van der Waals surface area contributed by atoms with Crippen molar-refractivity contribution in [2.24, 2.45) is 0 Å². The van der Waals surface area contributed by atoms with E-state index >= 15 is 0 Å². The molecule has 0 aliphatic carbocycles. The van der Waals surface area contributed by atoms with Gasteiger partial charge in [0.15, 0.2) is 0 Å². The molecule has 1 aromatic carbocycles. The van der Waals surface area contributed by atoms with Gasteiger partial charge in [0.05, 0.1) is 10.7 Å². The number of rotatable bonds is 3. The molecule has 76 valence electrons. The zero-order valence-corrected chi connectivity index (χ0v) is 9.03. The molecule has 0 saturated heterocycles. The number of nitrogens with one attached hydrogen (secondary N) is 1. The molecule has 0 radical (unpaired) electrons. The molecule has 0 bridgehead atoms. The van der Waals surface area contributed by atoms with Crippen LogP contribution in [0.4, 0.5) is 10.1 Å². The van der Waals surface area contributed by atoms with E-state index < -0.39 is 0 Å². The van der Waals surface area contributed by atoms with E-state index in [2.05, 4.69) is 5.32 Å². The normalized spacial score (nSPS) is 10.9. The maximum Gasteiger partial charge on any atom is 0.127 e. The average Bonchev–Trinajstić information content (AvgIpc) is 2.14. The quantitative estimate of drug-likeness (QED) is 0.754. The Balaban J connectivity index is 2.81. The van der Waals surface area contributed by atoms with Crippen LogP contribution in [0.5, 0.6) is 0 Å². The Morgan fingerprint density at radius 3 is 2.86 bits per heavy atom. The SMILES string of the molecule is C/C=C/CNc1cc(C)c(F)cc1Cl. The van der Waals surface area contributed by atoms with Gasteiger partial charge in [-0.3, -0.25) is 0 Å². The molecular formula is C11H13ClFN. The molecule has 0 unspecified atom stereocenters. The van der Waals surface area contributed by atoms with Crippen LogP contribution in [0.1, 0.15) is 12.5 Å². The maximum atomic E-state index is 13.0. The molecular weight excluding hydrogens is 201 g/mol. The summed E-state index contributed by atoms with van der Waals surface area (Å²) in [7, 11) is 0. The Kier molecular flexibility index (Phi) is 3.96. The standard InChI is InChI=1S/C11H13ClFN/c1-3-4-5-14-11-6-8(2)10(13)7-9(11)12/h3-4,6-7,14H,5H2,1-2H3/b4-3+. The third-order valence-electron chi connectivity index (χ3n) is 1.89. The summed E-state index contributed by atoms with van der Waals surface area (Å²) in [6, 6.07) is 3.04. The van der Waals surface area contributed by atoms with Gasteiger partial charge < -0.3 is 5.32 Å². The number of allylic oxidation sites excluding steroid dienone is 1. The fraction of sp³-hybridized carbons (Fsp3) is 0.273. The first-order valence-electron chi connectivity index (χ1n) is 4.46. The molecule has 0 amide bonds. The number of hydrogen-bond acceptors (Lipinski definition) is 1. The highest BCUT2D eigenvalue weighted by atomic mass is 35.5. The molecule has 0 aliphatic heterocycles. The van der Waals surface area contributed by atoms with Crippen LogP contribution in [0.15, 0.2) is 24.3 Å². The molecule has 0 spiro atoms. The van der Waals surface area contributed by atoms with E-state index in [0.29, 0.717) is 17.1 Å². The molecule has 0 aliphatic rings. The molecule has 0 fully saturated rings. The van der Waals surface area contributed by atoms with E-state index in [4.69, 9.17) is 11.6 Å². The Labute approximate surface area is 88.6 Å². The average molecular weight is 214 g/mol. The summed E-state index contributed by atoms with van der Waals surface area (Å²) in [6.45, 7) is 4.35. The Morgan fingerprint density at radius 2 is 2.21 bits per heavy atom. The highest BCUT2D eigenvalue weighted by molar-refractivity contribution is 6.33. The number of benzene rings is 1. The molecule has 0 saturated carbocycles. The van der Waals surface area contributed by atoms with E-state index in [9.17, 15) is 4.39 Å². The van der Waals surface area contributed by atoms with Gasteiger partial charge in [-0.25, -0.2) is 4.39 Å². The van der Waals surface area contributed by atoms with Gasteiger partial charge in [-0.05, 0) is 31.5 Å². The van der Waals surface area contributed by atoms with Crippen molar-refractivity contribution in [2.45, 2.75) is 13.8 Å². The van der Waals surface area contributed by atoms with E-state index in [1.165, 1.54) is 6.07 Å². The second kappa shape index (κ2) is 5.01. The van der Waals surface area contributed by atoms with Crippen molar-refractivity contribution >= 4 is 17.3 Å². The molecule has 0 aromatic heterocycles. The van der Waals surface area contributed by atoms with Crippen molar-refractivity contribution in [3.8, 4) is 0 Å². The number of hydrogen-bond donors (Lipinski definition) is 1. The van der Waals surface area contributed by atoms with Crippen LogP contribution in [-0.2, 0) is 0 Å².